The Hall–Kier alpha value is -2.39. The summed E-state index contributed by atoms with van der Waals surface area (Å²) in [5, 5.41) is 9.83. The van der Waals surface area contributed by atoms with Crippen LogP contribution in [0.1, 0.15) is 30.2 Å². The van der Waals surface area contributed by atoms with Crippen LogP contribution in [0.4, 0.5) is 27.6 Å². The van der Waals surface area contributed by atoms with Crippen LogP contribution in [0.3, 0.4) is 0 Å². The summed E-state index contributed by atoms with van der Waals surface area (Å²) in [5.74, 6) is -0.714. The van der Waals surface area contributed by atoms with E-state index in [0.717, 1.165) is 6.07 Å². The quantitative estimate of drug-likeness (QED) is 0.523. The Bertz CT molecular complexity index is 987. The molecule has 1 aliphatic heterocycles. The number of aromatic nitrogens is 1. The minimum Gasteiger partial charge on any atom is -0.425 e. The molecule has 0 amide bonds. The van der Waals surface area contributed by atoms with Gasteiger partial charge in [-0.1, -0.05) is 29.8 Å². The molecule has 4 nitrogen and oxygen atoms in total. The molecule has 4 rings (SSSR count). The molecule has 1 saturated carbocycles. The minimum absolute atomic E-state index is 0.00657. The number of halogens is 6. The van der Waals surface area contributed by atoms with E-state index in [4.69, 9.17) is 16.3 Å². The number of aliphatic hydroxyl groups is 1. The van der Waals surface area contributed by atoms with E-state index >= 15 is 0 Å². The topological polar surface area (TPSA) is 45.6 Å². The van der Waals surface area contributed by atoms with Crippen LogP contribution >= 0.6 is 11.6 Å². The van der Waals surface area contributed by atoms with E-state index in [9.17, 15) is 27.1 Å². The number of ether oxygens (including phenoxy) is 1. The second-order valence-electron chi connectivity index (χ2n) is 6.75. The fourth-order valence-corrected chi connectivity index (χ4v) is 3.45. The van der Waals surface area contributed by atoms with Crippen LogP contribution in [0.25, 0.3) is 0 Å². The number of allylic oxidation sites excluding steroid dienone is 1. The van der Waals surface area contributed by atoms with Gasteiger partial charge in [0.15, 0.2) is 11.9 Å². The van der Waals surface area contributed by atoms with E-state index in [-0.39, 0.29) is 17.4 Å². The average Bonchev–Trinajstić information content (AvgIpc) is 3.44. The lowest BCUT2D eigenvalue weighted by Gasteiger charge is -2.39. The lowest BCUT2D eigenvalue weighted by Crippen LogP contribution is -2.43. The molecule has 0 bridgehead atoms. The summed E-state index contributed by atoms with van der Waals surface area (Å²) in [7, 11) is 0. The maximum Gasteiger partial charge on any atom is 0.442 e. The normalized spacial score (nSPS) is 18.9. The van der Waals surface area contributed by atoms with Crippen LogP contribution in [-0.2, 0) is 6.54 Å². The molecule has 2 aromatic rings. The number of fused-ring (bicyclic) bond motifs is 1. The molecule has 0 spiro atoms. The molecule has 1 fully saturated rings. The number of benzene rings is 1. The number of hydrogen-bond donors (Lipinski definition) is 1. The van der Waals surface area contributed by atoms with Crippen molar-refractivity contribution >= 4 is 17.3 Å². The molecule has 1 N–H and O–H groups in total. The Balaban J connectivity index is 1.86. The smallest absolute Gasteiger partial charge is 0.425 e. The molecule has 1 atom stereocenters. The van der Waals surface area contributed by atoms with Gasteiger partial charge in [0.1, 0.15) is 10.9 Å². The minimum atomic E-state index is -5.04. The fourth-order valence-electron chi connectivity index (χ4n) is 3.27. The van der Waals surface area contributed by atoms with Gasteiger partial charge in [0.05, 0.1) is 17.9 Å². The van der Waals surface area contributed by atoms with Crippen LogP contribution in [0.5, 0.6) is 5.75 Å². The Kier molecular flexibility index (Phi) is 4.70. The highest BCUT2D eigenvalue weighted by atomic mass is 35.5. The lowest BCUT2D eigenvalue weighted by molar-refractivity contribution is -0.209. The predicted molar refractivity (Wildman–Crippen MR) is 94.7 cm³/mol. The van der Waals surface area contributed by atoms with Gasteiger partial charge in [-0.2, -0.15) is 22.0 Å². The molecule has 1 unspecified atom stereocenters. The van der Waals surface area contributed by atoms with Gasteiger partial charge >= 0.3 is 12.3 Å². The third kappa shape index (κ3) is 3.76. The first kappa shape index (κ1) is 19.9. The van der Waals surface area contributed by atoms with Crippen LogP contribution in [0.2, 0.25) is 5.15 Å². The summed E-state index contributed by atoms with van der Waals surface area (Å²) in [6.45, 7) is -0.156. The molecule has 0 saturated heterocycles. The Morgan fingerprint density at radius 3 is 2.48 bits per heavy atom. The molecular formula is C19H14ClF5N2O2. The average molecular weight is 433 g/mol. The maximum atomic E-state index is 14.9. The van der Waals surface area contributed by atoms with E-state index < -0.39 is 35.4 Å². The van der Waals surface area contributed by atoms with Crippen LogP contribution in [-0.4, -0.2) is 22.4 Å². The lowest BCUT2D eigenvalue weighted by atomic mass is 10.0. The van der Waals surface area contributed by atoms with Crippen molar-refractivity contribution in [1.29, 1.82) is 0 Å². The summed E-state index contributed by atoms with van der Waals surface area (Å²) in [5.41, 5.74) is -0.400. The van der Waals surface area contributed by atoms with Gasteiger partial charge in [-0.15, -0.1) is 0 Å². The third-order valence-corrected chi connectivity index (χ3v) is 4.83. The van der Waals surface area contributed by atoms with Gasteiger partial charge in [0, 0.05) is 5.56 Å². The van der Waals surface area contributed by atoms with Gasteiger partial charge in [0.2, 0.25) is 0 Å². The highest BCUT2D eigenvalue weighted by Crippen LogP contribution is 2.53. The van der Waals surface area contributed by atoms with Gasteiger partial charge in [-0.3, -0.25) is 0 Å². The van der Waals surface area contributed by atoms with Crippen LogP contribution in [0.15, 0.2) is 47.7 Å². The molecule has 2 aliphatic rings. The fraction of sp³-hybridized carbons (Fsp3) is 0.316. The second-order valence-corrected chi connectivity index (χ2v) is 7.14. The molecule has 10 heteroatoms. The predicted octanol–water partition coefficient (Wildman–Crippen LogP) is 5.37. The summed E-state index contributed by atoms with van der Waals surface area (Å²) in [4.78, 5) is 5.27. The van der Waals surface area contributed by atoms with Crippen molar-refractivity contribution < 1.29 is 31.8 Å². The number of rotatable bonds is 3. The van der Waals surface area contributed by atoms with Gasteiger partial charge in [0.25, 0.3) is 0 Å². The highest BCUT2D eigenvalue weighted by molar-refractivity contribution is 6.29. The molecule has 154 valence electrons. The Morgan fingerprint density at radius 2 is 1.86 bits per heavy atom. The number of alkyl halides is 5. The molecule has 2 heterocycles. The number of aliphatic hydroxyl groups excluding tert-OH is 1. The summed E-state index contributed by atoms with van der Waals surface area (Å²) in [6.07, 6.45) is -11.0. The van der Waals surface area contributed by atoms with Crippen molar-refractivity contribution in [3.8, 4) is 5.75 Å². The van der Waals surface area contributed by atoms with Crippen molar-refractivity contribution in [2.45, 2.75) is 37.8 Å². The first-order chi connectivity index (χ1) is 13.6. The van der Waals surface area contributed by atoms with E-state index in [0.29, 0.717) is 24.1 Å². The second kappa shape index (κ2) is 6.84. The van der Waals surface area contributed by atoms with Gasteiger partial charge in [-0.25, -0.2) is 4.98 Å². The monoisotopic (exact) mass is 432 g/mol. The highest BCUT2D eigenvalue weighted by Gasteiger charge is 2.52. The number of hydrogen-bond acceptors (Lipinski definition) is 4. The van der Waals surface area contributed by atoms with Gasteiger partial charge in [-0.05, 0) is 36.6 Å². The zero-order valence-corrected chi connectivity index (χ0v) is 15.4. The molecule has 1 aliphatic carbocycles. The zero-order chi connectivity index (χ0) is 21.0. The summed E-state index contributed by atoms with van der Waals surface area (Å²) >= 11 is 5.87. The van der Waals surface area contributed by atoms with Crippen LogP contribution < -0.4 is 9.64 Å². The molecule has 1 aromatic heterocycles. The third-order valence-electron chi connectivity index (χ3n) is 4.62. The Labute approximate surface area is 167 Å². The van der Waals surface area contributed by atoms with Gasteiger partial charge < -0.3 is 14.7 Å². The van der Waals surface area contributed by atoms with Crippen molar-refractivity contribution in [2.75, 3.05) is 4.90 Å². The van der Waals surface area contributed by atoms with Crippen LogP contribution in [0, 0.1) is 0 Å². The maximum absolute atomic E-state index is 14.9. The van der Waals surface area contributed by atoms with E-state index in [1.54, 1.807) is 12.1 Å². The summed E-state index contributed by atoms with van der Waals surface area (Å²) in [6, 6.07) is 8.22. The van der Waals surface area contributed by atoms with E-state index in [2.05, 4.69) is 4.98 Å². The summed E-state index contributed by atoms with van der Waals surface area (Å²) < 4.78 is 73.7. The van der Waals surface area contributed by atoms with Crippen molar-refractivity contribution in [3.63, 3.8) is 0 Å². The first-order valence-corrected chi connectivity index (χ1v) is 9.02. The van der Waals surface area contributed by atoms with Crippen molar-refractivity contribution in [1.82, 2.24) is 4.98 Å². The zero-order valence-electron chi connectivity index (χ0n) is 14.7. The SMILES string of the molecule is OC(c1cccc2c1OC(F)(F)C(=C1CC1)N2Cc1cccc(Cl)n1)C(F)(F)F. The standard InChI is InChI=1S/C19H14ClF5N2O2/c20-14-6-1-3-11(26-14)9-27-13-5-2-4-12(17(28)18(21,22)23)15(13)29-19(24,25)16(27)10-7-8-10/h1-6,17,28H,7-9H2. The molecule has 29 heavy (non-hydrogen) atoms. The van der Waals surface area contributed by atoms with E-state index in [1.165, 1.54) is 23.1 Å². The largest absolute Gasteiger partial charge is 0.442 e. The number of anilines is 1. The first-order valence-electron chi connectivity index (χ1n) is 8.64. The molecular weight excluding hydrogens is 419 g/mol. The number of pyridine rings is 1. The Morgan fingerprint density at radius 1 is 1.17 bits per heavy atom. The van der Waals surface area contributed by atoms with Crippen molar-refractivity contribution in [2.24, 2.45) is 0 Å². The number of nitrogens with zero attached hydrogens (tertiary/aromatic N) is 2. The molecule has 0 radical (unpaired) electrons. The van der Waals surface area contributed by atoms with E-state index in [1.807, 2.05) is 0 Å². The number of para-hydroxylation sites is 1. The molecule has 1 aromatic carbocycles. The van der Waals surface area contributed by atoms with Crippen molar-refractivity contribution in [3.05, 3.63) is 64.1 Å².